The zero-order valence-electron chi connectivity index (χ0n) is 10.8. The summed E-state index contributed by atoms with van der Waals surface area (Å²) in [6.45, 7) is 4.14. The minimum atomic E-state index is 0.616. The summed E-state index contributed by atoms with van der Waals surface area (Å²) in [6.07, 6.45) is 0. The van der Waals surface area contributed by atoms with Gasteiger partial charge in [-0.3, -0.25) is 0 Å². The summed E-state index contributed by atoms with van der Waals surface area (Å²) in [5, 5.41) is 0. The van der Waals surface area contributed by atoms with Crippen molar-refractivity contribution in [2.45, 2.75) is 13.8 Å². The molecule has 102 valence electrons. The Balaban J connectivity index is 2.26. The summed E-state index contributed by atoms with van der Waals surface area (Å²) >= 11 is 10.6. The van der Waals surface area contributed by atoms with Gasteiger partial charge in [-0.15, -0.1) is 0 Å². The Morgan fingerprint density at radius 3 is 2.50 bits per heavy atom. The van der Waals surface area contributed by atoms with Gasteiger partial charge in [-0.2, -0.15) is 0 Å². The predicted molar refractivity (Wildman–Crippen MR) is 92.0 cm³/mol. The third-order valence-electron chi connectivity index (χ3n) is 3.29. The van der Waals surface area contributed by atoms with Crippen LogP contribution in [0.15, 0.2) is 42.1 Å². The molecule has 0 radical (unpaired) electrons. The fourth-order valence-electron chi connectivity index (χ4n) is 2.02. The molecule has 0 aliphatic rings. The molecule has 0 bridgehead atoms. The van der Waals surface area contributed by atoms with Crippen LogP contribution in [-0.2, 0) is 0 Å². The molecule has 2 nitrogen and oxygen atoms in total. The highest BCUT2D eigenvalue weighted by Gasteiger charge is 2.15. The van der Waals surface area contributed by atoms with E-state index in [0.717, 1.165) is 30.1 Å². The third-order valence-corrected chi connectivity index (χ3v) is 5.39. The van der Waals surface area contributed by atoms with E-state index in [-0.39, 0.29) is 0 Å². The summed E-state index contributed by atoms with van der Waals surface area (Å²) in [7, 11) is 0. The SMILES string of the molecule is Cc1cc2nc(-c3ccc(Br)cc3Br)oc2c(Br)c1C. The maximum Gasteiger partial charge on any atom is 0.228 e. The van der Waals surface area contributed by atoms with Gasteiger partial charge in [-0.1, -0.05) is 15.9 Å². The summed E-state index contributed by atoms with van der Waals surface area (Å²) in [5.74, 6) is 0.616. The molecule has 3 rings (SSSR count). The van der Waals surface area contributed by atoms with Crippen molar-refractivity contribution in [2.75, 3.05) is 0 Å². The summed E-state index contributed by atoms with van der Waals surface area (Å²) in [5.41, 5.74) is 4.96. The van der Waals surface area contributed by atoms with Crippen molar-refractivity contribution in [1.82, 2.24) is 4.98 Å². The van der Waals surface area contributed by atoms with E-state index in [4.69, 9.17) is 4.42 Å². The van der Waals surface area contributed by atoms with Gasteiger partial charge < -0.3 is 4.42 Å². The fourth-order valence-corrected chi connectivity index (χ4v) is 3.84. The van der Waals surface area contributed by atoms with Gasteiger partial charge in [0, 0.05) is 8.95 Å². The molecule has 3 aromatic rings. The maximum atomic E-state index is 5.94. The Kier molecular flexibility index (Phi) is 3.77. The zero-order valence-corrected chi connectivity index (χ0v) is 15.6. The lowest BCUT2D eigenvalue weighted by Gasteiger charge is -2.01. The molecule has 0 N–H and O–H groups in total. The van der Waals surface area contributed by atoms with Gasteiger partial charge in [0.15, 0.2) is 5.58 Å². The van der Waals surface area contributed by atoms with Crippen molar-refractivity contribution in [3.8, 4) is 11.5 Å². The molecule has 0 aliphatic carbocycles. The molecule has 5 heteroatoms. The van der Waals surface area contributed by atoms with Crippen molar-refractivity contribution in [3.63, 3.8) is 0 Å². The van der Waals surface area contributed by atoms with E-state index in [0.29, 0.717) is 5.89 Å². The molecule has 0 atom stereocenters. The average molecular weight is 460 g/mol. The van der Waals surface area contributed by atoms with Gasteiger partial charge in [-0.25, -0.2) is 4.98 Å². The number of fused-ring (bicyclic) bond motifs is 1. The van der Waals surface area contributed by atoms with Crippen LogP contribution in [0.5, 0.6) is 0 Å². The van der Waals surface area contributed by atoms with E-state index in [1.165, 1.54) is 11.1 Å². The molecule has 0 spiro atoms. The zero-order chi connectivity index (χ0) is 14.4. The number of nitrogens with zero attached hydrogens (tertiary/aromatic N) is 1. The van der Waals surface area contributed by atoms with E-state index >= 15 is 0 Å². The van der Waals surface area contributed by atoms with Crippen molar-refractivity contribution < 1.29 is 4.42 Å². The highest BCUT2D eigenvalue weighted by atomic mass is 79.9. The van der Waals surface area contributed by atoms with E-state index in [1.54, 1.807) is 0 Å². The lowest BCUT2D eigenvalue weighted by molar-refractivity contribution is 0.617. The lowest BCUT2D eigenvalue weighted by Crippen LogP contribution is -1.83. The topological polar surface area (TPSA) is 26.0 Å². The molecule has 1 aromatic heterocycles. The van der Waals surface area contributed by atoms with Crippen LogP contribution in [0.1, 0.15) is 11.1 Å². The number of oxazole rings is 1. The average Bonchev–Trinajstić information content (AvgIpc) is 2.80. The van der Waals surface area contributed by atoms with Crippen LogP contribution in [0, 0.1) is 13.8 Å². The number of hydrogen-bond donors (Lipinski definition) is 0. The number of aromatic nitrogens is 1. The lowest BCUT2D eigenvalue weighted by atomic mass is 10.1. The van der Waals surface area contributed by atoms with E-state index in [2.05, 4.69) is 72.7 Å². The van der Waals surface area contributed by atoms with Crippen LogP contribution in [0.4, 0.5) is 0 Å². The van der Waals surface area contributed by atoms with Crippen LogP contribution in [0.2, 0.25) is 0 Å². The third kappa shape index (κ3) is 2.36. The number of rotatable bonds is 1. The summed E-state index contributed by atoms with van der Waals surface area (Å²) < 4.78 is 8.87. The van der Waals surface area contributed by atoms with Gasteiger partial charge in [0.1, 0.15) is 5.52 Å². The highest BCUT2D eigenvalue weighted by molar-refractivity contribution is 9.11. The molecule has 20 heavy (non-hydrogen) atoms. The predicted octanol–water partition coefficient (Wildman–Crippen LogP) is 6.40. The van der Waals surface area contributed by atoms with E-state index < -0.39 is 0 Å². The second-order valence-corrected chi connectivity index (χ2v) is 7.19. The van der Waals surface area contributed by atoms with Gasteiger partial charge in [0.05, 0.1) is 10.0 Å². The van der Waals surface area contributed by atoms with Gasteiger partial charge in [-0.05, 0) is 81.1 Å². The monoisotopic (exact) mass is 457 g/mol. The van der Waals surface area contributed by atoms with E-state index in [1.807, 2.05) is 18.2 Å². The first-order valence-electron chi connectivity index (χ1n) is 5.99. The second kappa shape index (κ2) is 5.28. The van der Waals surface area contributed by atoms with Crippen LogP contribution in [-0.4, -0.2) is 4.98 Å². The first-order valence-corrected chi connectivity index (χ1v) is 8.37. The smallest absolute Gasteiger partial charge is 0.228 e. The molecule has 0 saturated heterocycles. The normalized spacial score (nSPS) is 11.2. The minimum absolute atomic E-state index is 0.616. The Bertz CT molecular complexity index is 824. The molecule has 0 unspecified atom stereocenters. The van der Waals surface area contributed by atoms with Gasteiger partial charge in [0.2, 0.25) is 5.89 Å². The quantitative estimate of drug-likeness (QED) is 0.421. The first kappa shape index (κ1) is 14.3. The number of hydrogen-bond acceptors (Lipinski definition) is 2. The van der Waals surface area contributed by atoms with Crippen molar-refractivity contribution in [2.24, 2.45) is 0 Å². The highest BCUT2D eigenvalue weighted by Crippen LogP contribution is 2.36. The molecule has 2 aromatic carbocycles. The van der Waals surface area contributed by atoms with Gasteiger partial charge >= 0.3 is 0 Å². The Hall–Kier alpha value is -0.650. The number of halogens is 3. The van der Waals surface area contributed by atoms with Crippen LogP contribution < -0.4 is 0 Å². The Morgan fingerprint density at radius 1 is 1.05 bits per heavy atom. The van der Waals surface area contributed by atoms with Crippen molar-refractivity contribution in [3.05, 3.63) is 48.8 Å². The first-order chi connectivity index (χ1) is 9.47. The number of benzene rings is 2. The van der Waals surface area contributed by atoms with Crippen LogP contribution in [0.3, 0.4) is 0 Å². The largest absolute Gasteiger partial charge is 0.435 e. The molecule has 0 amide bonds. The standard InChI is InChI=1S/C15H10Br3NO/c1-7-5-12-14(13(18)8(7)2)20-15(19-12)10-4-3-9(16)6-11(10)17/h3-6H,1-2H3. The number of aryl methyl sites for hydroxylation is 1. The van der Waals surface area contributed by atoms with Gasteiger partial charge in [0.25, 0.3) is 0 Å². The Labute approximate surface area is 142 Å². The fraction of sp³-hybridized carbons (Fsp3) is 0.133. The molecular formula is C15H10Br3NO. The Morgan fingerprint density at radius 2 is 1.80 bits per heavy atom. The van der Waals surface area contributed by atoms with Crippen LogP contribution in [0.25, 0.3) is 22.6 Å². The van der Waals surface area contributed by atoms with Crippen LogP contribution >= 0.6 is 47.8 Å². The molecule has 0 aliphatic heterocycles. The minimum Gasteiger partial charge on any atom is -0.435 e. The van der Waals surface area contributed by atoms with Crippen molar-refractivity contribution >= 4 is 58.9 Å². The summed E-state index contributed by atoms with van der Waals surface area (Å²) in [4.78, 5) is 4.59. The molecule has 0 fully saturated rings. The van der Waals surface area contributed by atoms with Crippen molar-refractivity contribution in [1.29, 1.82) is 0 Å². The second-order valence-electron chi connectivity index (χ2n) is 4.62. The maximum absolute atomic E-state index is 5.94. The molecular weight excluding hydrogens is 450 g/mol. The summed E-state index contributed by atoms with van der Waals surface area (Å²) in [6, 6.07) is 7.98. The molecule has 1 heterocycles. The molecule has 0 saturated carbocycles. The van der Waals surface area contributed by atoms with E-state index in [9.17, 15) is 0 Å².